The molecule has 9 heteroatoms. The van der Waals surface area contributed by atoms with Crippen LogP contribution in [-0.4, -0.2) is 34.3 Å². The molecule has 0 aliphatic rings. The highest BCUT2D eigenvalue weighted by molar-refractivity contribution is 5.87. The summed E-state index contributed by atoms with van der Waals surface area (Å²) in [5.74, 6) is 1.22. The van der Waals surface area contributed by atoms with Crippen LogP contribution in [0.2, 0.25) is 0 Å². The number of rotatable bonds is 6. The van der Waals surface area contributed by atoms with Crippen LogP contribution in [0, 0.1) is 0 Å². The average Bonchev–Trinajstić information content (AvgIpc) is 3.55. The molecule has 5 heterocycles. The van der Waals surface area contributed by atoms with Gasteiger partial charge >= 0.3 is 0 Å². The number of hydrogen-bond acceptors (Lipinski definition) is 6. The molecule has 0 aliphatic heterocycles. The van der Waals surface area contributed by atoms with Gasteiger partial charge in [-0.2, -0.15) is 0 Å². The molecule has 0 amide bonds. The lowest BCUT2D eigenvalue weighted by atomic mass is 10.1. The van der Waals surface area contributed by atoms with Crippen molar-refractivity contribution in [1.29, 1.82) is 0 Å². The van der Waals surface area contributed by atoms with E-state index in [2.05, 4.69) is 38.5 Å². The quantitative estimate of drug-likeness (QED) is 0.277. The normalized spacial score (nSPS) is 11.3. The molecule has 0 bridgehead atoms. The van der Waals surface area contributed by atoms with Crippen molar-refractivity contribution >= 4 is 28.3 Å². The summed E-state index contributed by atoms with van der Waals surface area (Å²) < 4.78 is 2.01. The van der Waals surface area contributed by atoms with Crippen molar-refractivity contribution in [2.75, 3.05) is 5.32 Å². The van der Waals surface area contributed by atoms with Crippen molar-refractivity contribution in [3.05, 3.63) is 125 Å². The van der Waals surface area contributed by atoms with E-state index in [4.69, 9.17) is 15.0 Å². The maximum Gasteiger partial charge on any atom is 0.271 e. The fourth-order valence-electron chi connectivity index (χ4n) is 4.72. The van der Waals surface area contributed by atoms with Gasteiger partial charge in [-0.25, -0.2) is 19.9 Å². The largest absolute Gasteiger partial charge is 0.342 e. The predicted molar refractivity (Wildman–Crippen MR) is 151 cm³/mol. The molecule has 0 radical (unpaired) electrons. The molecule has 5 aromatic heterocycles. The lowest BCUT2D eigenvalue weighted by molar-refractivity contribution is 1.04. The summed E-state index contributed by atoms with van der Waals surface area (Å²) in [6.45, 7) is 0. The van der Waals surface area contributed by atoms with E-state index in [0.717, 1.165) is 45.9 Å². The number of pyridine rings is 2. The zero-order valence-electron chi connectivity index (χ0n) is 20.7. The molecule has 188 valence electrons. The number of aromatic nitrogens is 7. The number of fused-ring (bicyclic) bond motifs is 2. The molecule has 0 saturated heterocycles. The molecule has 0 aliphatic carbocycles. The van der Waals surface area contributed by atoms with Gasteiger partial charge in [0.1, 0.15) is 17.2 Å². The lowest BCUT2D eigenvalue weighted by Crippen LogP contribution is -2.11. The molecule has 0 spiro atoms. The van der Waals surface area contributed by atoms with Crippen LogP contribution in [0.25, 0.3) is 39.3 Å². The van der Waals surface area contributed by atoms with Crippen LogP contribution in [0.3, 0.4) is 0 Å². The zero-order valence-corrected chi connectivity index (χ0v) is 20.7. The summed E-state index contributed by atoms with van der Waals surface area (Å²) in [4.78, 5) is 37.1. The molecule has 0 atom stereocenters. The lowest BCUT2D eigenvalue weighted by Gasteiger charge is -2.08. The van der Waals surface area contributed by atoms with Crippen LogP contribution in [0.4, 0.5) is 11.6 Å². The molecule has 39 heavy (non-hydrogen) atoms. The second-order valence-electron chi connectivity index (χ2n) is 9.12. The van der Waals surface area contributed by atoms with Crippen LogP contribution >= 0.6 is 0 Å². The van der Waals surface area contributed by atoms with Gasteiger partial charge in [-0.1, -0.05) is 42.5 Å². The SMILES string of the molecule is O=c1[nH]cccc1Nc1nccc(-c2c(-c3ccc4nc(Cc5ccccc5)[nH]c4c3)nc3ccccn23)n1. The fourth-order valence-corrected chi connectivity index (χ4v) is 4.72. The number of H-pyrrole nitrogens is 2. The van der Waals surface area contributed by atoms with Gasteiger partial charge in [0.05, 0.1) is 28.1 Å². The van der Waals surface area contributed by atoms with E-state index in [1.54, 1.807) is 24.5 Å². The highest BCUT2D eigenvalue weighted by Gasteiger charge is 2.19. The van der Waals surface area contributed by atoms with E-state index in [9.17, 15) is 4.79 Å². The minimum absolute atomic E-state index is 0.249. The first-order chi connectivity index (χ1) is 19.2. The minimum Gasteiger partial charge on any atom is -0.342 e. The smallest absolute Gasteiger partial charge is 0.271 e. The third-order valence-electron chi connectivity index (χ3n) is 6.51. The van der Waals surface area contributed by atoms with Crippen LogP contribution in [-0.2, 0) is 6.42 Å². The Bertz CT molecular complexity index is 2010. The Balaban J connectivity index is 1.31. The van der Waals surface area contributed by atoms with E-state index in [1.165, 1.54) is 5.56 Å². The Hall–Kier alpha value is -5.57. The molecule has 2 aromatic carbocycles. The Labute approximate surface area is 222 Å². The van der Waals surface area contributed by atoms with E-state index in [1.807, 2.05) is 65.2 Å². The predicted octanol–water partition coefficient (Wildman–Crippen LogP) is 5.36. The number of benzene rings is 2. The second kappa shape index (κ2) is 9.38. The van der Waals surface area contributed by atoms with E-state index < -0.39 is 0 Å². The fraction of sp³-hybridized carbons (Fsp3) is 0.0333. The van der Waals surface area contributed by atoms with Gasteiger partial charge in [0.25, 0.3) is 5.56 Å². The Morgan fingerprint density at radius 3 is 2.67 bits per heavy atom. The topological polar surface area (TPSA) is 117 Å². The molecule has 7 aromatic rings. The summed E-state index contributed by atoms with van der Waals surface area (Å²) in [5, 5.41) is 3.02. The maximum atomic E-state index is 12.2. The van der Waals surface area contributed by atoms with Crippen LogP contribution in [0.5, 0.6) is 0 Å². The molecule has 0 fully saturated rings. The maximum absolute atomic E-state index is 12.2. The highest BCUT2D eigenvalue weighted by Crippen LogP contribution is 2.33. The van der Waals surface area contributed by atoms with Gasteiger partial charge in [0, 0.05) is 30.6 Å². The molecule has 0 saturated carbocycles. The summed E-state index contributed by atoms with van der Waals surface area (Å²) in [5.41, 5.74) is 7.16. The van der Waals surface area contributed by atoms with E-state index in [0.29, 0.717) is 17.3 Å². The highest BCUT2D eigenvalue weighted by atomic mass is 16.1. The minimum atomic E-state index is -0.249. The molecular formula is C30H22N8O. The summed E-state index contributed by atoms with van der Waals surface area (Å²) >= 11 is 0. The number of imidazole rings is 2. The Kier molecular flexibility index (Phi) is 5.44. The van der Waals surface area contributed by atoms with E-state index >= 15 is 0 Å². The molecule has 9 nitrogen and oxygen atoms in total. The summed E-state index contributed by atoms with van der Waals surface area (Å²) in [6.07, 6.45) is 5.94. The second-order valence-corrected chi connectivity index (χ2v) is 9.12. The number of nitrogens with zero attached hydrogens (tertiary/aromatic N) is 5. The summed E-state index contributed by atoms with van der Waals surface area (Å²) in [6, 6.07) is 27.5. The average molecular weight is 511 g/mol. The first-order valence-corrected chi connectivity index (χ1v) is 12.5. The van der Waals surface area contributed by atoms with E-state index in [-0.39, 0.29) is 5.56 Å². The van der Waals surface area contributed by atoms with Crippen molar-refractivity contribution in [3.63, 3.8) is 0 Å². The van der Waals surface area contributed by atoms with Crippen LogP contribution < -0.4 is 10.9 Å². The number of anilines is 2. The third kappa shape index (κ3) is 4.31. The molecule has 0 unspecified atom stereocenters. The van der Waals surface area contributed by atoms with Gasteiger partial charge in [0.2, 0.25) is 5.95 Å². The van der Waals surface area contributed by atoms with Gasteiger partial charge in [-0.05, 0) is 48.0 Å². The van der Waals surface area contributed by atoms with Crippen molar-refractivity contribution in [3.8, 4) is 22.6 Å². The van der Waals surface area contributed by atoms with Gasteiger partial charge in [-0.3, -0.25) is 9.20 Å². The zero-order chi connectivity index (χ0) is 26.2. The number of aromatic amines is 2. The first kappa shape index (κ1) is 22.6. The summed E-state index contributed by atoms with van der Waals surface area (Å²) in [7, 11) is 0. The standard InChI is InChI=1S/C30H22N8O/c39-29-23(9-6-14-31-29)36-30-32-15-13-22(35-30)28-27(37-26-10-4-5-16-38(26)28)20-11-12-21-24(18-20)34-25(33-21)17-19-7-2-1-3-8-19/h1-16,18H,17H2,(H,31,39)(H,33,34)(H,32,35,36). The number of hydrogen-bond donors (Lipinski definition) is 3. The third-order valence-corrected chi connectivity index (χ3v) is 6.51. The van der Waals surface area contributed by atoms with Gasteiger partial charge < -0.3 is 15.3 Å². The first-order valence-electron chi connectivity index (χ1n) is 12.5. The molecular weight excluding hydrogens is 488 g/mol. The van der Waals surface area contributed by atoms with Crippen molar-refractivity contribution in [1.82, 2.24) is 34.3 Å². The Morgan fingerprint density at radius 1 is 0.872 bits per heavy atom. The monoisotopic (exact) mass is 510 g/mol. The van der Waals surface area contributed by atoms with Crippen molar-refractivity contribution in [2.24, 2.45) is 0 Å². The molecule has 3 N–H and O–H groups in total. The van der Waals surface area contributed by atoms with Crippen molar-refractivity contribution in [2.45, 2.75) is 6.42 Å². The van der Waals surface area contributed by atoms with Crippen LogP contribution in [0.15, 0.2) is 108 Å². The van der Waals surface area contributed by atoms with Gasteiger partial charge in [-0.15, -0.1) is 0 Å². The molecule has 7 rings (SSSR count). The van der Waals surface area contributed by atoms with Gasteiger partial charge in [0.15, 0.2) is 0 Å². The van der Waals surface area contributed by atoms with Crippen LogP contribution in [0.1, 0.15) is 11.4 Å². The number of nitrogens with one attached hydrogen (secondary N) is 3. The van der Waals surface area contributed by atoms with Crippen molar-refractivity contribution < 1.29 is 0 Å². The Morgan fingerprint density at radius 2 is 1.77 bits per heavy atom.